The molecule has 0 bridgehead atoms. The van der Waals surface area contributed by atoms with Crippen molar-refractivity contribution in [2.75, 3.05) is 25.0 Å². The monoisotopic (exact) mass is 366 g/mol. The second-order valence-corrected chi connectivity index (χ2v) is 8.40. The molecule has 1 fully saturated rings. The molecule has 1 saturated heterocycles. The maximum Gasteiger partial charge on any atom is 0.226 e. The zero-order valence-electron chi connectivity index (χ0n) is 17.0. The number of fused-ring (bicyclic) bond motifs is 2. The highest BCUT2D eigenvalue weighted by molar-refractivity contribution is 5.84. The average Bonchev–Trinajstić information content (AvgIpc) is 3.12. The molecular weight excluding hydrogens is 336 g/mol. The van der Waals surface area contributed by atoms with Gasteiger partial charge in [-0.3, -0.25) is 4.79 Å². The number of anilines is 1. The van der Waals surface area contributed by atoms with Crippen LogP contribution in [0.5, 0.6) is 0 Å². The largest absolute Gasteiger partial charge is 0.343 e. The Morgan fingerprint density at radius 3 is 2.48 bits per heavy atom. The highest BCUT2D eigenvalue weighted by Crippen LogP contribution is 2.30. The van der Waals surface area contributed by atoms with Crippen molar-refractivity contribution in [1.29, 1.82) is 0 Å². The van der Waals surface area contributed by atoms with Crippen LogP contribution >= 0.6 is 0 Å². The Bertz CT molecular complexity index is 868. The van der Waals surface area contributed by atoms with E-state index in [2.05, 4.69) is 37.8 Å². The van der Waals surface area contributed by atoms with E-state index in [1.54, 1.807) is 0 Å². The molecule has 1 aliphatic heterocycles. The number of amides is 1. The summed E-state index contributed by atoms with van der Waals surface area (Å²) in [6, 6.07) is 4.82. The maximum atomic E-state index is 12.6. The van der Waals surface area contributed by atoms with Crippen LogP contribution in [0.1, 0.15) is 49.9 Å². The second-order valence-electron chi connectivity index (χ2n) is 8.40. The summed E-state index contributed by atoms with van der Waals surface area (Å²) in [5, 5.41) is 1.18. The highest BCUT2D eigenvalue weighted by Gasteiger charge is 2.29. The summed E-state index contributed by atoms with van der Waals surface area (Å²) in [6.07, 6.45) is 5.35. The summed E-state index contributed by atoms with van der Waals surface area (Å²) in [5.74, 6) is 1.22. The van der Waals surface area contributed by atoms with Crippen LogP contribution in [0.25, 0.3) is 10.9 Å². The molecule has 1 aromatic heterocycles. The average molecular weight is 367 g/mol. The molecule has 0 unspecified atom stereocenters. The number of rotatable bonds is 3. The van der Waals surface area contributed by atoms with Crippen LogP contribution in [0, 0.1) is 12.8 Å². The first-order valence-corrected chi connectivity index (χ1v) is 10.3. The molecule has 5 heteroatoms. The lowest BCUT2D eigenvalue weighted by Crippen LogP contribution is -2.43. The van der Waals surface area contributed by atoms with Gasteiger partial charge in [0.05, 0.1) is 11.2 Å². The second kappa shape index (κ2) is 7.10. The van der Waals surface area contributed by atoms with Crippen molar-refractivity contribution in [3.05, 3.63) is 29.0 Å². The molecule has 0 saturated carbocycles. The first kappa shape index (κ1) is 18.2. The molecule has 2 aliphatic rings. The van der Waals surface area contributed by atoms with E-state index in [-0.39, 0.29) is 17.9 Å². The molecule has 0 radical (unpaired) electrons. The van der Waals surface area contributed by atoms with Crippen molar-refractivity contribution < 1.29 is 4.79 Å². The molecular formula is C22H30N4O. The molecule has 2 heterocycles. The number of aromatic nitrogens is 2. The number of benzene rings is 1. The van der Waals surface area contributed by atoms with Crippen LogP contribution < -0.4 is 4.90 Å². The van der Waals surface area contributed by atoms with Crippen molar-refractivity contribution in [1.82, 2.24) is 14.9 Å². The Labute approximate surface area is 161 Å². The maximum absolute atomic E-state index is 12.6. The quantitative estimate of drug-likeness (QED) is 0.834. The molecule has 0 spiro atoms. The summed E-state index contributed by atoms with van der Waals surface area (Å²) in [4.78, 5) is 26.4. The Morgan fingerprint density at radius 1 is 1.15 bits per heavy atom. The van der Waals surface area contributed by atoms with E-state index >= 15 is 0 Å². The molecule has 0 N–H and O–H groups in total. The van der Waals surface area contributed by atoms with Gasteiger partial charge in [0.25, 0.3) is 0 Å². The zero-order valence-corrected chi connectivity index (χ0v) is 17.0. The van der Waals surface area contributed by atoms with Crippen molar-refractivity contribution in [3.8, 4) is 0 Å². The Hall–Kier alpha value is -2.17. The number of hydrogen-bond donors (Lipinski definition) is 0. The standard InChI is InChI=1S/C22H30N4O/c1-14(2)25(4)21(27)16-8-10-26(11-9-16)22-23-15(3)19-12-17-6-5-7-18(17)13-20(19)24-22/h12-14,16H,5-11H2,1-4H3. The SMILES string of the molecule is Cc1nc(N2CCC(C(=O)N(C)C(C)C)CC2)nc2cc3c(cc12)CCC3. The third-order valence-corrected chi connectivity index (χ3v) is 6.34. The summed E-state index contributed by atoms with van der Waals surface area (Å²) in [6.45, 7) is 7.91. The van der Waals surface area contributed by atoms with Crippen molar-refractivity contribution in [2.24, 2.45) is 5.92 Å². The van der Waals surface area contributed by atoms with Gasteiger partial charge in [-0.15, -0.1) is 0 Å². The zero-order chi connectivity index (χ0) is 19.1. The van der Waals surface area contributed by atoms with Crippen molar-refractivity contribution >= 4 is 22.8 Å². The summed E-state index contributed by atoms with van der Waals surface area (Å²) < 4.78 is 0. The molecule has 1 aliphatic carbocycles. The van der Waals surface area contributed by atoms with Gasteiger partial charge in [0, 0.05) is 37.5 Å². The van der Waals surface area contributed by atoms with Gasteiger partial charge in [0.1, 0.15) is 0 Å². The van der Waals surface area contributed by atoms with Crippen LogP contribution in [-0.2, 0) is 17.6 Å². The van der Waals surface area contributed by atoms with E-state index in [0.717, 1.165) is 43.1 Å². The van der Waals surface area contributed by atoms with E-state index in [4.69, 9.17) is 9.97 Å². The lowest BCUT2D eigenvalue weighted by atomic mass is 9.95. The fraction of sp³-hybridized carbons (Fsp3) is 0.591. The molecule has 4 rings (SSSR count). The van der Waals surface area contributed by atoms with E-state index in [9.17, 15) is 4.79 Å². The van der Waals surface area contributed by atoms with Crippen LogP contribution in [-0.4, -0.2) is 47.0 Å². The van der Waals surface area contributed by atoms with Crippen molar-refractivity contribution in [2.45, 2.75) is 58.9 Å². The smallest absolute Gasteiger partial charge is 0.226 e. The first-order chi connectivity index (χ1) is 12.9. The van der Waals surface area contributed by atoms with Gasteiger partial charge in [-0.05, 0) is 76.1 Å². The fourth-order valence-corrected chi connectivity index (χ4v) is 4.35. The number of carbonyl (C=O) groups excluding carboxylic acids is 1. The van der Waals surface area contributed by atoms with Crippen LogP contribution in [0.15, 0.2) is 12.1 Å². The fourth-order valence-electron chi connectivity index (χ4n) is 4.35. The molecule has 1 amide bonds. The van der Waals surface area contributed by atoms with Crippen LogP contribution in [0.2, 0.25) is 0 Å². The summed E-state index contributed by atoms with van der Waals surface area (Å²) in [5.41, 5.74) is 5.04. The number of aryl methyl sites for hydroxylation is 3. The van der Waals surface area contributed by atoms with Gasteiger partial charge in [-0.25, -0.2) is 9.97 Å². The highest BCUT2D eigenvalue weighted by atomic mass is 16.2. The Balaban J connectivity index is 1.52. The molecule has 144 valence electrons. The number of piperidine rings is 1. The number of nitrogens with zero attached hydrogens (tertiary/aromatic N) is 4. The lowest BCUT2D eigenvalue weighted by Gasteiger charge is -2.34. The Morgan fingerprint density at radius 2 is 1.81 bits per heavy atom. The molecule has 2 aromatic rings. The van der Waals surface area contributed by atoms with E-state index < -0.39 is 0 Å². The van der Waals surface area contributed by atoms with Gasteiger partial charge in [-0.1, -0.05) is 0 Å². The first-order valence-electron chi connectivity index (χ1n) is 10.3. The van der Waals surface area contributed by atoms with Crippen molar-refractivity contribution in [3.63, 3.8) is 0 Å². The number of hydrogen-bond acceptors (Lipinski definition) is 4. The minimum absolute atomic E-state index is 0.124. The minimum atomic E-state index is 0.124. The molecule has 5 nitrogen and oxygen atoms in total. The number of carbonyl (C=O) groups is 1. The van der Waals surface area contributed by atoms with Gasteiger partial charge in [0.15, 0.2) is 0 Å². The van der Waals surface area contributed by atoms with Gasteiger partial charge in [0.2, 0.25) is 11.9 Å². The van der Waals surface area contributed by atoms with Gasteiger partial charge >= 0.3 is 0 Å². The third-order valence-electron chi connectivity index (χ3n) is 6.34. The van der Waals surface area contributed by atoms with Crippen LogP contribution in [0.4, 0.5) is 5.95 Å². The van der Waals surface area contributed by atoms with E-state index in [0.29, 0.717) is 0 Å². The molecule has 1 aromatic carbocycles. The minimum Gasteiger partial charge on any atom is -0.343 e. The Kier molecular flexibility index (Phi) is 4.79. The van der Waals surface area contributed by atoms with Gasteiger partial charge in [-0.2, -0.15) is 0 Å². The normalized spacial score (nSPS) is 17.6. The van der Waals surface area contributed by atoms with Crippen LogP contribution in [0.3, 0.4) is 0 Å². The predicted molar refractivity (Wildman–Crippen MR) is 109 cm³/mol. The van der Waals surface area contributed by atoms with Gasteiger partial charge < -0.3 is 9.80 Å². The lowest BCUT2D eigenvalue weighted by molar-refractivity contribution is -0.136. The predicted octanol–water partition coefficient (Wildman–Crippen LogP) is 3.51. The summed E-state index contributed by atoms with van der Waals surface area (Å²) in [7, 11) is 1.91. The molecule has 27 heavy (non-hydrogen) atoms. The third kappa shape index (κ3) is 3.40. The van der Waals surface area contributed by atoms with E-state index in [1.165, 1.54) is 35.8 Å². The van der Waals surface area contributed by atoms with E-state index in [1.807, 2.05) is 11.9 Å². The summed E-state index contributed by atoms with van der Waals surface area (Å²) >= 11 is 0. The topological polar surface area (TPSA) is 49.3 Å². The molecule has 0 atom stereocenters.